The first kappa shape index (κ1) is 29.7. The van der Waals surface area contributed by atoms with Crippen LogP contribution in [0.1, 0.15) is 115 Å². The molecular weight excluding hydrogens is 436 g/mol. The van der Waals surface area contributed by atoms with Gasteiger partial charge in [-0.1, -0.05) is 91.9 Å². The first-order valence-electron chi connectivity index (χ1n) is 14.7. The highest BCUT2D eigenvalue weighted by Crippen LogP contribution is 2.25. The number of nitrogens with zero attached hydrogens (tertiary/aromatic N) is 2. The summed E-state index contributed by atoms with van der Waals surface area (Å²) in [5.41, 5.74) is 10.1. The summed E-state index contributed by atoms with van der Waals surface area (Å²) in [5, 5.41) is 0. The molecule has 2 nitrogen and oxygen atoms in total. The SMILES string of the molecule is CCC=CC(=Nc1ccc(CCC)c(CCC)c1)C(CCCC)=Nc1ccc(CCC)c(CCC)c1. The van der Waals surface area contributed by atoms with Crippen molar-refractivity contribution >= 4 is 22.8 Å². The minimum Gasteiger partial charge on any atom is -0.251 e. The molecule has 0 aliphatic rings. The number of rotatable bonds is 16. The minimum absolute atomic E-state index is 0.943. The Morgan fingerprint density at radius 1 is 0.611 bits per heavy atom. The van der Waals surface area contributed by atoms with Gasteiger partial charge in [0, 0.05) is 0 Å². The zero-order chi connectivity index (χ0) is 26.2. The van der Waals surface area contributed by atoms with Crippen molar-refractivity contribution in [3.05, 3.63) is 70.8 Å². The quantitative estimate of drug-likeness (QED) is 0.211. The second kappa shape index (κ2) is 17.1. The first-order valence-corrected chi connectivity index (χ1v) is 14.7. The summed E-state index contributed by atoms with van der Waals surface area (Å²) in [7, 11) is 0. The van der Waals surface area contributed by atoms with Gasteiger partial charge in [-0.3, -0.25) is 4.99 Å². The van der Waals surface area contributed by atoms with Gasteiger partial charge in [0.05, 0.1) is 22.8 Å². The summed E-state index contributed by atoms with van der Waals surface area (Å²) in [5.74, 6) is 0. The third kappa shape index (κ3) is 9.52. The molecule has 0 N–H and O–H groups in total. The third-order valence-electron chi connectivity index (χ3n) is 6.54. The van der Waals surface area contributed by atoms with Crippen molar-refractivity contribution in [2.75, 3.05) is 0 Å². The van der Waals surface area contributed by atoms with Crippen LogP contribution < -0.4 is 0 Å². The van der Waals surface area contributed by atoms with Gasteiger partial charge in [-0.15, -0.1) is 0 Å². The molecule has 0 radical (unpaired) electrons. The fraction of sp³-hybridized carbons (Fsp3) is 0.529. The van der Waals surface area contributed by atoms with Crippen LogP contribution in [0.15, 0.2) is 58.5 Å². The van der Waals surface area contributed by atoms with Crippen molar-refractivity contribution in [2.24, 2.45) is 9.98 Å². The van der Waals surface area contributed by atoms with Gasteiger partial charge in [-0.05, 0) is 97.5 Å². The fourth-order valence-corrected chi connectivity index (χ4v) is 4.70. The van der Waals surface area contributed by atoms with Crippen LogP contribution in [0, 0.1) is 0 Å². The van der Waals surface area contributed by atoms with Crippen molar-refractivity contribution < 1.29 is 0 Å². The van der Waals surface area contributed by atoms with E-state index in [1.54, 1.807) is 0 Å². The number of benzene rings is 2. The maximum Gasteiger partial charge on any atom is 0.0848 e. The van der Waals surface area contributed by atoms with Crippen LogP contribution in [0.4, 0.5) is 11.4 Å². The van der Waals surface area contributed by atoms with Crippen LogP contribution in [-0.2, 0) is 25.7 Å². The lowest BCUT2D eigenvalue weighted by atomic mass is 9.98. The van der Waals surface area contributed by atoms with Crippen LogP contribution in [-0.4, -0.2) is 11.4 Å². The van der Waals surface area contributed by atoms with Crippen molar-refractivity contribution in [1.29, 1.82) is 0 Å². The topological polar surface area (TPSA) is 24.7 Å². The molecule has 0 aromatic heterocycles. The lowest BCUT2D eigenvalue weighted by Crippen LogP contribution is -2.12. The lowest BCUT2D eigenvalue weighted by molar-refractivity contribution is 0.838. The number of allylic oxidation sites excluding steroid dienone is 2. The van der Waals surface area contributed by atoms with Crippen molar-refractivity contribution in [3.63, 3.8) is 0 Å². The molecule has 0 bridgehead atoms. The average molecular weight is 487 g/mol. The minimum atomic E-state index is 0.943. The van der Waals surface area contributed by atoms with E-state index >= 15 is 0 Å². The summed E-state index contributed by atoms with van der Waals surface area (Å²) >= 11 is 0. The zero-order valence-corrected chi connectivity index (χ0v) is 24.0. The molecule has 2 rings (SSSR count). The largest absolute Gasteiger partial charge is 0.251 e. The Morgan fingerprint density at radius 3 is 1.58 bits per heavy atom. The molecule has 36 heavy (non-hydrogen) atoms. The van der Waals surface area contributed by atoms with E-state index in [1.807, 2.05) is 0 Å². The highest BCUT2D eigenvalue weighted by atomic mass is 14.8. The number of aryl methyl sites for hydroxylation is 4. The van der Waals surface area contributed by atoms with Gasteiger partial charge in [-0.2, -0.15) is 0 Å². The summed E-state index contributed by atoms with van der Waals surface area (Å²) in [6.07, 6.45) is 17.8. The molecule has 2 aromatic rings. The second-order valence-electron chi connectivity index (χ2n) is 9.88. The Hall–Kier alpha value is -2.48. The highest BCUT2D eigenvalue weighted by Gasteiger charge is 2.10. The summed E-state index contributed by atoms with van der Waals surface area (Å²) in [4.78, 5) is 10.4. The molecule has 0 aliphatic carbocycles. The standard InChI is InChI=1S/C34H50N2/c1-7-13-19-33(35-31-23-21-27(15-9-3)29(25-31)17-11-5)34(20-14-8-2)36-32-24-22-28(16-10-4)30(26-32)18-12-6/h13,19,21-26H,7-12,14-18,20H2,1-6H3. The van der Waals surface area contributed by atoms with E-state index in [0.717, 1.165) is 87.0 Å². The number of aliphatic imine (C=N–C) groups is 2. The molecule has 0 aliphatic heterocycles. The predicted molar refractivity (Wildman–Crippen MR) is 162 cm³/mol. The second-order valence-corrected chi connectivity index (χ2v) is 9.88. The van der Waals surface area contributed by atoms with Crippen LogP contribution in [0.5, 0.6) is 0 Å². The van der Waals surface area contributed by atoms with Gasteiger partial charge < -0.3 is 0 Å². The van der Waals surface area contributed by atoms with Gasteiger partial charge in [0.25, 0.3) is 0 Å². The molecule has 0 heterocycles. The van der Waals surface area contributed by atoms with E-state index in [2.05, 4.69) is 90.1 Å². The van der Waals surface area contributed by atoms with E-state index in [9.17, 15) is 0 Å². The van der Waals surface area contributed by atoms with Gasteiger partial charge >= 0.3 is 0 Å². The Morgan fingerprint density at radius 2 is 1.11 bits per heavy atom. The van der Waals surface area contributed by atoms with Crippen LogP contribution in [0.3, 0.4) is 0 Å². The molecule has 2 heteroatoms. The molecule has 0 fully saturated rings. The lowest BCUT2D eigenvalue weighted by Gasteiger charge is -2.12. The van der Waals surface area contributed by atoms with Gasteiger partial charge in [0.2, 0.25) is 0 Å². The van der Waals surface area contributed by atoms with Crippen LogP contribution in [0.2, 0.25) is 0 Å². The van der Waals surface area contributed by atoms with Gasteiger partial charge in [0.1, 0.15) is 0 Å². The van der Waals surface area contributed by atoms with Crippen molar-refractivity contribution in [1.82, 2.24) is 0 Å². The predicted octanol–water partition coefficient (Wildman–Crippen LogP) is 10.5. The number of hydrogen-bond donors (Lipinski definition) is 0. The number of unbranched alkanes of at least 4 members (excludes halogenated alkanes) is 1. The monoisotopic (exact) mass is 486 g/mol. The van der Waals surface area contributed by atoms with Gasteiger partial charge in [-0.25, -0.2) is 4.99 Å². The molecule has 0 spiro atoms. The molecular formula is C34H50N2. The van der Waals surface area contributed by atoms with E-state index in [-0.39, 0.29) is 0 Å². The normalized spacial score (nSPS) is 12.6. The Labute approximate surface area is 222 Å². The molecule has 0 saturated carbocycles. The summed E-state index contributed by atoms with van der Waals surface area (Å²) < 4.78 is 0. The summed E-state index contributed by atoms with van der Waals surface area (Å²) in [6.45, 7) is 13.5. The molecule has 0 amide bonds. The zero-order valence-electron chi connectivity index (χ0n) is 24.0. The maximum absolute atomic E-state index is 5.23. The number of hydrogen-bond acceptors (Lipinski definition) is 2. The van der Waals surface area contributed by atoms with Crippen LogP contribution >= 0.6 is 0 Å². The fourth-order valence-electron chi connectivity index (χ4n) is 4.70. The molecule has 2 aromatic carbocycles. The van der Waals surface area contributed by atoms with Crippen molar-refractivity contribution in [3.8, 4) is 0 Å². The molecule has 0 unspecified atom stereocenters. The average Bonchev–Trinajstić information content (AvgIpc) is 2.88. The molecule has 0 atom stereocenters. The highest BCUT2D eigenvalue weighted by molar-refractivity contribution is 6.47. The molecule has 0 saturated heterocycles. The Bertz CT molecular complexity index is 1010. The smallest absolute Gasteiger partial charge is 0.0848 e. The third-order valence-corrected chi connectivity index (χ3v) is 6.54. The maximum atomic E-state index is 5.23. The summed E-state index contributed by atoms with van der Waals surface area (Å²) in [6, 6.07) is 13.6. The van der Waals surface area contributed by atoms with E-state index < -0.39 is 0 Å². The molecule has 196 valence electrons. The Balaban J connectivity index is 2.57. The van der Waals surface area contributed by atoms with Crippen molar-refractivity contribution in [2.45, 2.75) is 119 Å². The first-order chi connectivity index (χ1) is 17.6. The van der Waals surface area contributed by atoms with Crippen LogP contribution in [0.25, 0.3) is 0 Å². The van der Waals surface area contributed by atoms with E-state index in [1.165, 1.54) is 35.1 Å². The van der Waals surface area contributed by atoms with Gasteiger partial charge in [0.15, 0.2) is 0 Å². The Kier molecular flexibility index (Phi) is 14.1. The van der Waals surface area contributed by atoms with E-state index in [4.69, 9.17) is 9.98 Å². The van der Waals surface area contributed by atoms with E-state index in [0.29, 0.717) is 0 Å².